The molecular weight excluding hydrogens is 302 g/mol. The van der Waals surface area contributed by atoms with Gasteiger partial charge in [0.1, 0.15) is 0 Å². The van der Waals surface area contributed by atoms with Crippen molar-refractivity contribution in [3.8, 4) is 0 Å². The molecule has 3 aliphatic rings. The Kier molecular flexibility index (Phi) is 6.03. The summed E-state index contributed by atoms with van der Waals surface area (Å²) >= 11 is 7.65. The predicted octanol–water partition coefficient (Wildman–Crippen LogP) is 1.55. The lowest BCUT2D eigenvalue weighted by Crippen LogP contribution is -2.55. The zero-order valence-corrected chi connectivity index (χ0v) is 14.4. The zero-order chi connectivity index (χ0) is 14.5. The topological polar surface area (TPSA) is 27.7 Å². The maximum Gasteiger partial charge on any atom is 0.169 e. The van der Waals surface area contributed by atoms with Gasteiger partial charge in [-0.2, -0.15) is 11.8 Å². The Morgan fingerprint density at radius 2 is 1.90 bits per heavy atom. The van der Waals surface area contributed by atoms with Gasteiger partial charge in [-0.25, -0.2) is 0 Å². The van der Waals surface area contributed by atoms with Crippen LogP contribution in [-0.4, -0.2) is 77.9 Å². The molecule has 3 rings (SSSR count). The van der Waals surface area contributed by atoms with Crippen molar-refractivity contribution >= 4 is 29.1 Å². The highest BCUT2D eigenvalue weighted by Gasteiger charge is 2.26. The van der Waals surface area contributed by atoms with Crippen molar-refractivity contribution in [3.63, 3.8) is 0 Å². The maximum absolute atomic E-state index is 5.64. The molecule has 3 saturated heterocycles. The van der Waals surface area contributed by atoms with Crippen LogP contribution in [0.1, 0.15) is 25.7 Å². The second-order valence-electron chi connectivity index (χ2n) is 6.19. The van der Waals surface area contributed by atoms with Crippen LogP contribution in [0.3, 0.4) is 0 Å². The van der Waals surface area contributed by atoms with Gasteiger partial charge in [0, 0.05) is 45.4 Å². The Balaban J connectivity index is 1.37. The number of nitrogens with one attached hydrogen (secondary N) is 1. The second-order valence-corrected chi connectivity index (χ2v) is 7.80. The zero-order valence-electron chi connectivity index (χ0n) is 12.8. The quantitative estimate of drug-likeness (QED) is 0.790. The molecule has 0 bridgehead atoms. The molecule has 21 heavy (non-hydrogen) atoms. The Morgan fingerprint density at radius 3 is 2.57 bits per heavy atom. The van der Waals surface area contributed by atoms with Gasteiger partial charge >= 0.3 is 0 Å². The molecule has 4 nitrogen and oxygen atoms in total. The average molecular weight is 330 g/mol. The van der Waals surface area contributed by atoms with E-state index in [0.717, 1.165) is 50.5 Å². The molecule has 0 aromatic heterocycles. The molecule has 1 unspecified atom stereocenters. The van der Waals surface area contributed by atoms with Gasteiger partial charge in [-0.3, -0.25) is 4.90 Å². The van der Waals surface area contributed by atoms with Crippen molar-refractivity contribution in [2.24, 2.45) is 0 Å². The average Bonchev–Trinajstić information content (AvgIpc) is 3.07. The fourth-order valence-corrected chi connectivity index (χ4v) is 4.81. The second kappa shape index (κ2) is 7.99. The first kappa shape index (κ1) is 15.8. The summed E-state index contributed by atoms with van der Waals surface area (Å²) in [5.74, 6) is 2.68. The van der Waals surface area contributed by atoms with Gasteiger partial charge in [-0.1, -0.05) is 0 Å². The Morgan fingerprint density at radius 1 is 1.14 bits per heavy atom. The van der Waals surface area contributed by atoms with Crippen LogP contribution in [0.4, 0.5) is 0 Å². The van der Waals surface area contributed by atoms with Crippen LogP contribution < -0.4 is 5.32 Å². The molecule has 1 N–H and O–H groups in total. The lowest BCUT2D eigenvalue weighted by molar-refractivity contribution is 0.110. The summed E-state index contributed by atoms with van der Waals surface area (Å²) < 4.78 is 5.64. The Bertz CT molecular complexity index is 336. The van der Waals surface area contributed by atoms with E-state index in [4.69, 9.17) is 17.0 Å². The summed E-state index contributed by atoms with van der Waals surface area (Å²) in [6.45, 7) is 6.26. The van der Waals surface area contributed by atoms with Crippen molar-refractivity contribution in [1.82, 2.24) is 15.1 Å². The molecule has 3 aliphatic heterocycles. The van der Waals surface area contributed by atoms with E-state index in [0.29, 0.717) is 6.10 Å². The fraction of sp³-hybridized carbons (Fsp3) is 0.933. The standard InChI is InChI=1S/C15H27N3OS2/c20-15(16-12-14-2-1-9-19-14)18-7-5-17(6-8-18)13-3-10-21-11-4-13/h13-14H,1-12H2,(H,16,20). The lowest BCUT2D eigenvalue weighted by atomic mass is 10.1. The lowest BCUT2D eigenvalue weighted by Gasteiger charge is -2.41. The van der Waals surface area contributed by atoms with Crippen molar-refractivity contribution < 1.29 is 4.74 Å². The minimum atomic E-state index is 0.365. The van der Waals surface area contributed by atoms with Crippen molar-refractivity contribution in [2.45, 2.75) is 37.8 Å². The van der Waals surface area contributed by atoms with Gasteiger partial charge in [-0.05, 0) is 49.4 Å². The molecule has 0 aromatic rings. The third-order valence-electron chi connectivity index (χ3n) is 4.81. The molecule has 0 aliphatic carbocycles. The third kappa shape index (κ3) is 4.47. The summed E-state index contributed by atoms with van der Waals surface area (Å²) in [5.41, 5.74) is 0. The SMILES string of the molecule is S=C(NCC1CCCO1)N1CCN(C2CCSCC2)CC1. The van der Waals surface area contributed by atoms with E-state index in [-0.39, 0.29) is 0 Å². The largest absolute Gasteiger partial charge is 0.376 e. The van der Waals surface area contributed by atoms with Gasteiger partial charge in [0.25, 0.3) is 0 Å². The van der Waals surface area contributed by atoms with Crippen LogP contribution in [0.5, 0.6) is 0 Å². The van der Waals surface area contributed by atoms with E-state index >= 15 is 0 Å². The summed E-state index contributed by atoms with van der Waals surface area (Å²) in [7, 11) is 0. The molecule has 0 saturated carbocycles. The number of thiocarbonyl (C=S) groups is 1. The minimum Gasteiger partial charge on any atom is -0.376 e. The number of thioether (sulfide) groups is 1. The van der Waals surface area contributed by atoms with E-state index in [1.54, 1.807) is 0 Å². The molecular formula is C15H27N3OS2. The molecule has 0 amide bonds. The molecule has 1 atom stereocenters. The first-order valence-corrected chi connectivity index (χ1v) is 9.85. The van der Waals surface area contributed by atoms with Crippen LogP contribution in [0.15, 0.2) is 0 Å². The van der Waals surface area contributed by atoms with Gasteiger partial charge in [-0.15, -0.1) is 0 Å². The minimum absolute atomic E-state index is 0.365. The molecule has 0 spiro atoms. The third-order valence-corrected chi connectivity index (χ3v) is 6.26. The van der Waals surface area contributed by atoms with Gasteiger partial charge in [0.15, 0.2) is 5.11 Å². The highest BCUT2D eigenvalue weighted by Crippen LogP contribution is 2.22. The van der Waals surface area contributed by atoms with Crippen LogP contribution >= 0.6 is 24.0 Å². The molecule has 3 fully saturated rings. The molecule has 0 radical (unpaired) electrons. The van der Waals surface area contributed by atoms with Crippen LogP contribution in [-0.2, 0) is 4.74 Å². The monoisotopic (exact) mass is 329 g/mol. The first-order chi connectivity index (χ1) is 10.3. The number of hydrogen-bond donors (Lipinski definition) is 1. The van der Waals surface area contributed by atoms with Gasteiger partial charge in [0.05, 0.1) is 6.10 Å². The summed E-state index contributed by atoms with van der Waals surface area (Å²) in [5, 5.41) is 4.32. The van der Waals surface area contributed by atoms with Crippen LogP contribution in [0.25, 0.3) is 0 Å². The molecule has 3 heterocycles. The highest BCUT2D eigenvalue weighted by atomic mass is 32.2. The summed E-state index contributed by atoms with van der Waals surface area (Å²) in [4.78, 5) is 5.01. The first-order valence-electron chi connectivity index (χ1n) is 8.29. The molecule has 120 valence electrons. The normalized spacial score (nSPS) is 28.8. The number of rotatable bonds is 3. The number of piperazine rings is 1. The number of nitrogens with zero attached hydrogens (tertiary/aromatic N) is 2. The van der Waals surface area contributed by atoms with Crippen molar-refractivity contribution in [2.75, 3.05) is 50.8 Å². The van der Waals surface area contributed by atoms with E-state index in [9.17, 15) is 0 Å². The van der Waals surface area contributed by atoms with E-state index < -0.39 is 0 Å². The van der Waals surface area contributed by atoms with Gasteiger partial charge < -0.3 is 15.0 Å². The van der Waals surface area contributed by atoms with Gasteiger partial charge in [0.2, 0.25) is 0 Å². The van der Waals surface area contributed by atoms with Crippen molar-refractivity contribution in [1.29, 1.82) is 0 Å². The van der Waals surface area contributed by atoms with E-state index in [1.165, 1.54) is 37.2 Å². The van der Waals surface area contributed by atoms with E-state index in [1.807, 2.05) is 0 Å². The predicted molar refractivity (Wildman–Crippen MR) is 93.1 cm³/mol. The van der Waals surface area contributed by atoms with E-state index in [2.05, 4.69) is 26.9 Å². The number of hydrogen-bond acceptors (Lipinski definition) is 4. The Hall–Kier alpha value is -0.0400. The number of ether oxygens (including phenoxy) is 1. The van der Waals surface area contributed by atoms with Crippen molar-refractivity contribution in [3.05, 3.63) is 0 Å². The maximum atomic E-state index is 5.64. The summed E-state index contributed by atoms with van der Waals surface area (Å²) in [6, 6.07) is 0.821. The molecule has 6 heteroatoms. The highest BCUT2D eigenvalue weighted by molar-refractivity contribution is 7.99. The van der Waals surface area contributed by atoms with Crippen LogP contribution in [0, 0.1) is 0 Å². The molecule has 0 aromatic carbocycles. The van der Waals surface area contributed by atoms with Crippen LogP contribution in [0.2, 0.25) is 0 Å². The Labute approximate surface area is 137 Å². The smallest absolute Gasteiger partial charge is 0.169 e. The summed E-state index contributed by atoms with van der Waals surface area (Å²) in [6.07, 6.45) is 5.46. The fourth-order valence-electron chi connectivity index (χ4n) is 3.46.